The fourth-order valence-corrected chi connectivity index (χ4v) is 2.48. The van der Waals surface area contributed by atoms with Crippen LogP contribution in [0.3, 0.4) is 0 Å². The van der Waals surface area contributed by atoms with Gasteiger partial charge in [0.25, 0.3) is 0 Å². The van der Waals surface area contributed by atoms with E-state index in [4.69, 9.17) is 21.1 Å². The Morgan fingerprint density at radius 3 is 2.63 bits per heavy atom. The first kappa shape index (κ1) is 23.9. The number of anilines is 1. The zero-order chi connectivity index (χ0) is 22.1. The Hall–Kier alpha value is -2.42. The third kappa shape index (κ3) is 8.14. The zero-order valence-corrected chi connectivity index (χ0v) is 18.8. The van der Waals surface area contributed by atoms with E-state index < -0.39 is 11.6 Å². The Balaban J connectivity index is 1.75. The van der Waals surface area contributed by atoms with Crippen LogP contribution in [0, 0.1) is 6.92 Å². The van der Waals surface area contributed by atoms with Crippen LogP contribution in [0.25, 0.3) is 0 Å². The largest absolute Gasteiger partial charge is 0.489 e. The molecule has 0 spiro atoms. The molecule has 0 saturated heterocycles. The minimum Gasteiger partial charge on any atom is -0.489 e. The molecule has 1 atom stereocenters. The van der Waals surface area contributed by atoms with Crippen LogP contribution in [0.15, 0.2) is 35.4 Å². The second-order valence-electron chi connectivity index (χ2n) is 7.83. The molecule has 9 heteroatoms. The predicted molar refractivity (Wildman–Crippen MR) is 120 cm³/mol. The van der Waals surface area contributed by atoms with Crippen molar-refractivity contribution in [3.05, 3.63) is 40.9 Å². The summed E-state index contributed by atoms with van der Waals surface area (Å²) >= 11 is 6.21. The Bertz CT molecular complexity index is 839. The predicted octanol–water partition coefficient (Wildman–Crippen LogP) is 3.43. The summed E-state index contributed by atoms with van der Waals surface area (Å²) < 4.78 is 11.3. The van der Waals surface area contributed by atoms with Gasteiger partial charge in [-0.05, 0) is 52.3 Å². The van der Waals surface area contributed by atoms with Gasteiger partial charge in [-0.25, -0.2) is 0 Å². The summed E-state index contributed by atoms with van der Waals surface area (Å²) in [5, 5.41) is 26.2. The van der Waals surface area contributed by atoms with Gasteiger partial charge in [-0.3, -0.25) is 5.43 Å². The number of hydrogen-bond acceptors (Lipinski definition) is 8. The molecule has 2 aromatic rings. The van der Waals surface area contributed by atoms with E-state index in [0.29, 0.717) is 35.6 Å². The lowest BCUT2D eigenvalue weighted by Crippen LogP contribution is -2.48. The normalized spacial score (nSPS) is 12.2. The Morgan fingerprint density at radius 1 is 1.20 bits per heavy atom. The number of benzene rings is 1. The van der Waals surface area contributed by atoms with Gasteiger partial charge >= 0.3 is 0 Å². The van der Waals surface area contributed by atoms with Gasteiger partial charge in [0.05, 0.1) is 5.02 Å². The van der Waals surface area contributed by atoms with Gasteiger partial charge < -0.3 is 19.9 Å². The Labute approximate surface area is 182 Å². The van der Waals surface area contributed by atoms with Crippen molar-refractivity contribution in [3.8, 4) is 11.6 Å². The average molecular weight is 436 g/mol. The molecular weight excluding hydrogens is 406 g/mol. The molecule has 3 N–H and O–H groups in total. The topological polar surface area (TPSA) is 101 Å². The molecule has 0 fully saturated rings. The number of ether oxygens (including phenoxy) is 2. The fraction of sp³-hybridized carbons (Fsp3) is 0.476. The molecule has 0 radical (unpaired) electrons. The van der Waals surface area contributed by atoms with Crippen LogP contribution in [0.4, 0.5) is 5.82 Å². The third-order valence-electron chi connectivity index (χ3n) is 4.02. The van der Waals surface area contributed by atoms with E-state index in [1.165, 1.54) is 0 Å². The van der Waals surface area contributed by atoms with Gasteiger partial charge in [-0.1, -0.05) is 23.7 Å². The summed E-state index contributed by atoms with van der Waals surface area (Å²) in [4.78, 5) is 0. The zero-order valence-electron chi connectivity index (χ0n) is 18.1. The molecule has 0 aliphatic rings. The third-order valence-corrected chi connectivity index (χ3v) is 4.50. The van der Waals surface area contributed by atoms with E-state index >= 15 is 0 Å². The molecule has 0 aliphatic heterocycles. The highest BCUT2D eigenvalue weighted by molar-refractivity contribution is 6.32. The standard InChI is InChI=1S/C21H30ClN5O3/c1-14(2)24-25-18-9-10-19(27-26-18)30-13-21(4,5)23-11-16(28)12-29-17-8-6-7-15(3)20(17)22/h6-10,16,23,28H,11-13H2,1-5H3,(H,25,26). The number of aliphatic hydroxyl groups is 1. The van der Waals surface area contributed by atoms with Crippen molar-refractivity contribution in [2.75, 3.05) is 25.2 Å². The summed E-state index contributed by atoms with van der Waals surface area (Å²) in [6, 6.07) is 9.02. The molecular formula is C21H30ClN5O3. The monoisotopic (exact) mass is 435 g/mol. The van der Waals surface area contributed by atoms with E-state index in [2.05, 4.69) is 26.0 Å². The van der Waals surface area contributed by atoms with Crippen molar-refractivity contribution in [2.24, 2.45) is 5.10 Å². The smallest absolute Gasteiger partial charge is 0.233 e. The van der Waals surface area contributed by atoms with Crippen molar-refractivity contribution in [2.45, 2.75) is 46.3 Å². The number of aromatic nitrogens is 2. The average Bonchev–Trinajstić information content (AvgIpc) is 2.71. The van der Waals surface area contributed by atoms with E-state index in [0.717, 1.165) is 11.3 Å². The van der Waals surface area contributed by atoms with Crippen LogP contribution < -0.4 is 20.2 Å². The molecule has 164 valence electrons. The van der Waals surface area contributed by atoms with E-state index in [1.807, 2.05) is 46.8 Å². The molecule has 0 aliphatic carbocycles. The van der Waals surface area contributed by atoms with Gasteiger partial charge in [-0.2, -0.15) is 5.10 Å². The summed E-state index contributed by atoms with van der Waals surface area (Å²) in [6.07, 6.45) is -0.700. The molecule has 1 aromatic heterocycles. The Kier molecular flexibility index (Phi) is 8.83. The van der Waals surface area contributed by atoms with Crippen molar-refractivity contribution in [3.63, 3.8) is 0 Å². The number of nitrogens with one attached hydrogen (secondary N) is 2. The number of β-amino-alcohol motifs (C(OH)–C–C–N with tert-alkyl or cyclic N) is 1. The van der Waals surface area contributed by atoms with Crippen LogP contribution in [0.2, 0.25) is 5.02 Å². The van der Waals surface area contributed by atoms with E-state index in [1.54, 1.807) is 18.2 Å². The van der Waals surface area contributed by atoms with Crippen LogP contribution in [-0.2, 0) is 0 Å². The van der Waals surface area contributed by atoms with E-state index in [9.17, 15) is 5.11 Å². The van der Waals surface area contributed by atoms with Gasteiger partial charge in [-0.15, -0.1) is 10.2 Å². The van der Waals surface area contributed by atoms with E-state index in [-0.39, 0.29) is 6.61 Å². The quantitative estimate of drug-likeness (QED) is 0.367. The molecule has 1 heterocycles. The van der Waals surface area contributed by atoms with Crippen molar-refractivity contribution in [1.82, 2.24) is 15.5 Å². The molecule has 0 amide bonds. The number of hydrazone groups is 1. The van der Waals surface area contributed by atoms with Crippen LogP contribution in [0.1, 0.15) is 33.3 Å². The minimum atomic E-state index is -0.700. The van der Waals surface area contributed by atoms with Crippen molar-refractivity contribution < 1.29 is 14.6 Å². The van der Waals surface area contributed by atoms with Gasteiger partial charge in [0.1, 0.15) is 25.1 Å². The maximum Gasteiger partial charge on any atom is 0.233 e. The maximum absolute atomic E-state index is 10.2. The molecule has 8 nitrogen and oxygen atoms in total. The van der Waals surface area contributed by atoms with Gasteiger partial charge in [0.15, 0.2) is 5.82 Å². The maximum atomic E-state index is 10.2. The number of rotatable bonds is 11. The lowest BCUT2D eigenvalue weighted by atomic mass is 10.1. The highest BCUT2D eigenvalue weighted by Gasteiger charge is 2.20. The lowest BCUT2D eigenvalue weighted by molar-refractivity contribution is 0.0923. The summed E-state index contributed by atoms with van der Waals surface area (Å²) in [6.45, 7) is 10.4. The number of aryl methyl sites for hydroxylation is 1. The van der Waals surface area contributed by atoms with Crippen LogP contribution in [0.5, 0.6) is 11.6 Å². The van der Waals surface area contributed by atoms with Crippen LogP contribution in [-0.4, -0.2) is 52.4 Å². The van der Waals surface area contributed by atoms with Gasteiger partial charge in [0, 0.05) is 23.9 Å². The second-order valence-corrected chi connectivity index (χ2v) is 8.21. The highest BCUT2D eigenvalue weighted by Crippen LogP contribution is 2.27. The first-order valence-electron chi connectivity index (χ1n) is 9.71. The summed E-state index contributed by atoms with van der Waals surface area (Å²) in [5.74, 6) is 1.51. The number of halogens is 1. The lowest BCUT2D eigenvalue weighted by Gasteiger charge is -2.27. The number of nitrogens with zero attached hydrogens (tertiary/aromatic N) is 3. The summed E-state index contributed by atoms with van der Waals surface area (Å²) in [7, 11) is 0. The van der Waals surface area contributed by atoms with Crippen molar-refractivity contribution >= 4 is 23.1 Å². The van der Waals surface area contributed by atoms with Crippen LogP contribution >= 0.6 is 11.6 Å². The molecule has 0 saturated carbocycles. The fourth-order valence-electron chi connectivity index (χ4n) is 2.30. The molecule has 2 rings (SSSR count). The minimum absolute atomic E-state index is 0.132. The first-order valence-corrected chi connectivity index (χ1v) is 10.1. The summed E-state index contributed by atoms with van der Waals surface area (Å²) in [5.41, 5.74) is 4.23. The Morgan fingerprint density at radius 2 is 1.97 bits per heavy atom. The molecule has 1 aromatic carbocycles. The number of aliphatic hydroxyl groups excluding tert-OH is 1. The molecule has 0 bridgehead atoms. The first-order chi connectivity index (χ1) is 14.2. The number of hydrogen-bond donors (Lipinski definition) is 3. The second kappa shape index (κ2) is 11.1. The molecule has 30 heavy (non-hydrogen) atoms. The SMILES string of the molecule is CC(C)=NNc1ccc(OCC(C)(C)NCC(O)COc2cccc(C)c2Cl)nn1. The van der Waals surface area contributed by atoms with Gasteiger partial charge in [0.2, 0.25) is 5.88 Å². The van der Waals surface area contributed by atoms with Crippen molar-refractivity contribution in [1.29, 1.82) is 0 Å². The molecule has 1 unspecified atom stereocenters. The highest BCUT2D eigenvalue weighted by atomic mass is 35.5.